The van der Waals surface area contributed by atoms with Crippen molar-refractivity contribution in [1.29, 1.82) is 0 Å². The Labute approximate surface area is 303 Å². The van der Waals surface area contributed by atoms with Gasteiger partial charge in [-0.2, -0.15) is 10.2 Å². The van der Waals surface area contributed by atoms with E-state index in [0.29, 0.717) is 51.5 Å². The SMILES string of the molecule is CN(C)c1ccc(N=Nc2ccc(C(=O)Nc3ccc(NC(=O)c4ccc(NC(=O)c5ccc(NC(=O)CC(C)(C)C)cc5)cc4)cc3)cc2)cc1. The average Bonchev–Trinajstić information content (AvgIpc) is 3.11. The molecule has 0 aliphatic carbocycles. The molecule has 0 radical (unpaired) electrons. The Hall–Kier alpha value is -6.62. The smallest absolute Gasteiger partial charge is 0.255 e. The molecule has 0 aliphatic rings. The maximum absolute atomic E-state index is 12.9. The lowest BCUT2D eigenvalue weighted by atomic mass is 9.92. The number of amides is 4. The van der Waals surface area contributed by atoms with Crippen molar-refractivity contribution in [3.8, 4) is 0 Å². The van der Waals surface area contributed by atoms with E-state index in [0.717, 1.165) is 11.4 Å². The Bertz CT molecular complexity index is 2050. The highest BCUT2D eigenvalue weighted by Gasteiger charge is 2.16. The van der Waals surface area contributed by atoms with Crippen LogP contribution in [0.1, 0.15) is 58.3 Å². The van der Waals surface area contributed by atoms with Crippen molar-refractivity contribution >= 4 is 63.4 Å². The summed E-state index contributed by atoms with van der Waals surface area (Å²) in [4.78, 5) is 52.7. The van der Waals surface area contributed by atoms with Gasteiger partial charge >= 0.3 is 0 Å². The maximum atomic E-state index is 12.9. The van der Waals surface area contributed by atoms with Gasteiger partial charge < -0.3 is 26.2 Å². The van der Waals surface area contributed by atoms with Gasteiger partial charge in [-0.15, -0.1) is 0 Å². The van der Waals surface area contributed by atoms with Crippen molar-refractivity contribution in [1.82, 2.24) is 0 Å². The summed E-state index contributed by atoms with van der Waals surface area (Å²) in [6.07, 6.45) is 0.385. The highest BCUT2D eigenvalue weighted by Crippen LogP contribution is 2.23. The normalized spacial score (nSPS) is 11.1. The van der Waals surface area contributed by atoms with Gasteiger partial charge in [0.1, 0.15) is 0 Å². The summed E-state index contributed by atoms with van der Waals surface area (Å²) in [5.41, 5.74) is 5.82. The van der Waals surface area contributed by atoms with Gasteiger partial charge in [0.2, 0.25) is 5.91 Å². The predicted octanol–water partition coefficient (Wildman–Crippen LogP) is 9.30. The first kappa shape index (κ1) is 36.7. The quantitative estimate of drug-likeness (QED) is 0.102. The fourth-order valence-corrected chi connectivity index (χ4v) is 4.96. The number of hydrogen-bond acceptors (Lipinski definition) is 7. The summed E-state index contributed by atoms with van der Waals surface area (Å²) in [7, 11) is 3.95. The van der Waals surface area contributed by atoms with Crippen LogP contribution in [-0.4, -0.2) is 37.7 Å². The third kappa shape index (κ3) is 10.7. The number of hydrogen-bond donors (Lipinski definition) is 4. The van der Waals surface area contributed by atoms with Gasteiger partial charge in [0.05, 0.1) is 11.4 Å². The monoisotopic (exact) mass is 695 g/mol. The van der Waals surface area contributed by atoms with Crippen LogP contribution in [0.15, 0.2) is 132 Å². The lowest BCUT2D eigenvalue weighted by Gasteiger charge is -2.17. The molecule has 11 nitrogen and oxygen atoms in total. The number of carbonyl (C=O) groups is 4. The molecule has 0 unspecified atom stereocenters. The van der Waals surface area contributed by atoms with Crippen LogP contribution in [0.25, 0.3) is 0 Å². The minimum atomic E-state index is -0.332. The van der Waals surface area contributed by atoms with E-state index in [9.17, 15) is 19.2 Å². The van der Waals surface area contributed by atoms with E-state index in [4.69, 9.17) is 0 Å². The van der Waals surface area contributed by atoms with Gasteiger partial charge in [-0.25, -0.2) is 0 Å². The highest BCUT2D eigenvalue weighted by atomic mass is 16.2. The molecule has 0 saturated carbocycles. The zero-order chi connectivity index (χ0) is 37.3. The number of carbonyl (C=O) groups excluding carboxylic acids is 4. The van der Waals surface area contributed by atoms with Crippen LogP contribution in [0.2, 0.25) is 0 Å². The van der Waals surface area contributed by atoms with Crippen molar-refractivity contribution in [2.75, 3.05) is 40.3 Å². The average molecular weight is 696 g/mol. The van der Waals surface area contributed by atoms with E-state index in [-0.39, 0.29) is 29.0 Å². The Morgan fingerprint density at radius 1 is 0.481 bits per heavy atom. The molecule has 0 heterocycles. The third-order valence-corrected chi connectivity index (χ3v) is 7.70. The molecular formula is C41H41N7O4. The first-order valence-electron chi connectivity index (χ1n) is 16.6. The van der Waals surface area contributed by atoms with Crippen LogP contribution in [0.3, 0.4) is 0 Å². The molecule has 0 aliphatic heterocycles. The molecule has 5 rings (SSSR count). The summed E-state index contributed by atoms with van der Waals surface area (Å²) >= 11 is 0. The van der Waals surface area contributed by atoms with Crippen LogP contribution in [0.4, 0.5) is 39.8 Å². The number of azo groups is 1. The van der Waals surface area contributed by atoms with Gasteiger partial charge in [-0.3, -0.25) is 19.2 Å². The largest absolute Gasteiger partial charge is 0.378 e. The lowest BCUT2D eigenvalue weighted by molar-refractivity contribution is -0.117. The zero-order valence-electron chi connectivity index (χ0n) is 29.7. The van der Waals surface area contributed by atoms with Crippen LogP contribution in [0.5, 0.6) is 0 Å². The van der Waals surface area contributed by atoms with E-state index in [2.05, 4.69) is 31.5 Å². The fraction of sp³-hybridized carbons (Fsp3) is 0.171. The zero-order valence-corrected chi connectivity index (χ0v) is 29.7. The first-order valence-corrected chi connectivity index (χ1v) is 16.6. The molecule has 0 aromatic heterocycles. The molecule has 5 aromatic rings. The van der Waals surface area contributed by atoms with Crippen LogP contribution >= 0.6 is 0 Å². The van der Waals surface area contributed by atoms with Gasteiger partial charge in [0.25, 0.3) is 17.7 Å². The van der Waals surface area contributed by atoms with E-state index >= 15 is 0 Å². The minimum absolute atomic E-state index is 0.0866. The lowest BCUT2D eigenvalue weighted by Crippen LogP contribution is -2.19. The van der Waals surface area contributed by atoms with E-state index in [1.54, 1.807) is 97.1 Å². The Morgan fingerprint density at radius 2 is 0.788 bits per heavy atom. The molecule has 0 fully saturated rings. The minimum Gasteiger partial charge on any atom is -0.378 e. The van der Waals surface area contributed by atoms with Crippen LogP contribution < -0.4 is 26.2 Å². The second kappa shape index (κ2) is 16.4. The molecule has 4 amide bonds. The molecule has 0 saturated heterocycles. The first-order chi connectivity index (χ1) is 24.8. The van der Waals surface area contributed by atoms with Crippen molar-refractivity contribution in [2.45, 2.75) is 27.2 Å². The third-order valence-electron chi connectivity index (χ3n) is 7.70. The second-order valence-corrected chi connectivity index (χ2v) is 13.5. The molecule has 0 spiro atoms. The number of anilines is 5. The summed E-state index contributed by atoms with van der Waals surface area (Å²) in [6, 6.07) is 34.5. The Morgan fingerprint density at radius 3 is 1.13 bits per heavy atom. The van der Waals surface area contributed by atoms with E-state index in [1.165, 1.54) is 0 Å². The fourth-order valence-electron chi connectivity index (χ4n) is 4.96. The summed E-state index contributed by atoms with van der Waals surface area (Å²) in [6.45, 7) is 5.98. The van der Waals surface area contributed by atoms with E-state index in [1.807, 2.05) is 64.0 Å². The second-order valence-electron chi connectivity index (χ2n) is 13.5. The molecule has 0 atom stereocenters. The molecule has 52 heavy (non-hydrogen) atoms. The van der Waals surface area contributed by atoms with Gasteiger partial charge in [-0.1, -0.05) is 20.8 Å². The van der Waals surface area contributed by atoms with Crippen molar-refractivity contribution < 1.29 is 19.2 Å². The summed E-state index contributed by atoms with van der Waals surface area (Å²) in [5.74, 6) is -1.03. The van der Waals surface area contributed by atoms with Gasteiger partial charge in [0.15, 0.2) is 0 Å². The maximum Gasteiger partial charge on any atom is 0.255 e. The standard InChI is InChI=1S/C41H41N7O4/c1-41(2,3)26-37(49)42-30-12-6-27(7-13-30)38(50)43-31-14-8-28(9-15-31)39(51)44-32-18-20-33(21-19-32)45-40(52)29-10-16-34(17-11-29)46-47-35-22-24-36(25-23-35)48(4)5/h6-25H,26H2,1-5H3,(H,42,49)(H,43,50)(H,44,51)(H,45,52). The Balaban J connectivity index is 1.08. The van der Waals surface area contributed by atoms with Gasteiger partial charge in [0, 0.05) is 65.6 Å². The molecule has 4 N–H and O–H groups in total. The summed E-state index contributed by atoms with van der Waals surface area (Å²) in [5, 5.41) is 19.9. The molecule has 264 valence electrons. The molecule has 5 aromatic carbocycles. The molecular weight excluding hydrogens is 654 g/mol. The Kier molecular flexibility index (Phi) is 11.6. The van der Waals surface area contributed by atoms with Crippen molar-refractivity contribution in [2.24, 2.45) is 15.6 Å². The number of nitrogens with one attached hydrogen (secondary N) is 4. The van der Waals surface area contributed by atoms with Gasteiger partial charge in [-0.05, 0) is 127 Å². The summed E-state index contributed by atoms with van der Waals surface area (Å²) < 4.78 is 0. The number of rotatable bonds is 11. The molecule has 0 bridgehead atoms. The highest BCUT2D eigenvalue weighted by molar-refractivity contribution is 6.07. The molecule has 11 heteroatoms. The van der Waals surface area contributed by atoms with Crippen molar-refractivity contribution in [3.63, 3.8) is 0 Å². The van der Waals surface area contributed by atoms with E-state index < -0.39 is 0 Å². The van der Waals surface area contributed by atoms with Crippen LogP contribution in [0, 0.1) is 5.41 Å². The van der Waals surface area contributed by atoms with Crippen LogP contribution in [-0.2, 0) is 4.79 Å². The number of nitrogens with zero attached hydrogens (tertiary/aromatic N) is 3. The van der Waals surface area contributed by atoms with Crippen molar-refractivity contribution in [3.05, 3.63) is 138 Å². The number of benzene rings is 5. The predicted molar refractivity (Wildman–Crippen MR) is 207 cm³/mol. The topological polar surface area (TPSA) is 144 Å².